The highest BCUT2D eigenvalue weighted by molar-refractivity contribution is 7.16. The maximum Gasteiger partial charge on any atom is 0.259 e. The van der Waals surface area contributed by atoms with Crippen LogP contribution in [-0.4, -0.2) is 55.5 Å². The molecule has 6 rings (SSSR count). The molecule has 1 fully saturated rings. The molecule has 37 heavy (non-hydrogen) atoms. The summed E-state index contributed by atoms with van der Waals surface area (Å²) in [4.78, 5) is 25.1. The molecule has 12 heteroatoms. The van der Waals surface area contributed by atoms with E-state index in [1.165, 1.54) is 11.3 Å². The Bertz CT molecular complexity index is 1530. The van der Waals surface area contributed by atoms with E-state index < -0.39 is 23.3 Å². The maximum absolute atomic E-state index is 16.0. The summed E-state index contributed by atoms with van der Waals surface area (Å²) in [5.74, 6) is -0.150. The van der Waals surface area contributed by atoms with Crippen molar-refractivity contribution in [3.63, 3.8) is 0 Å². The number of carbonyl (C=O) groups is 1. The van der Waals surface area contributed by atoms with Gasteiger partial charge in [0.15, 0.2) is 5.82 Å². The number of halogens is 2. The van der Waals surface area contributed by atoms with E-state index in [2.05, 4.69) is 20.4 Å². The molecule has 0 bridgehead atoms. The highest BCUT2D eigenvalue weighted by Gasteiger charge is 2.60. The van der Waals surface area contributed by atoms with Gasteiger partial charge in [0.25, 0.3) is 5.91 Å². The van der Waals surface area contributed by atoms with Crippen molar-refractivity contribution in [2.45, 2.75) is 18.5 Å². The number of aromatic nitrogens is 4. The van der Waals surface area contributed by atoms with E-state index in [0.29, 0.717) is 38.6 Å². The molecule has 3 aromatic heterocycles. The third-order valence-electron chi connectivity index (χ3n) is 6.71. The minimum absolute atomic E-state index is 0.00110. The van der Waals surface area contributed by atoms with Crippen LogP contribution < -0.4 is 5.32 Å². The van der Waals surface area contributed by atoms with E-state index in [0.717, 1.165) is 0 Å². The maximum atomic E-state index is 16.0. The van der Waals surface area contributed by atoms with Gasteiger partial charge in [-0.1, -0.05) is 23.7 Å². The number of thiophene rings is 1. The first-order valence-electron chi connectivity index (χ1n) is 11.5. The molecule has 4 aromatic rings. The Balaban J connectivity index is 1.41. The molecular weight excluding hydrogens is 519 g/mol. The lowest BCUT2D eigenvalue weighted by Gasteiger charge is -2.48. The van der Waals surface area contributed by atoms with Gasteiger partial charge in [-0.05, 0) is 30.7 Å². The van der Waals surface area contributed by atoms with Crippen LogP contribution in [0.25, 0.3) is 10.6 Å². The number of aliphatic hydroxyl groups excluding tert-OH is 1. The fraction of sp³-hybridized carbons (Fsp3) is 0.280. The molecular formula is C25H22ClFN6O3S. The Morgan fingerprint density at radius 3 is 2.76 bits per heavy atom. The van der Waals surface area contributed by atoms with Crippen molar-refractivity contribution < 1.29 is 19.0 Å². The minimum atomic E-state index is -0.871. The molecule has 1 unspecified atom stereocenters. The van der Waals surface area contributed by atoms with Gasteiger partial charge in [0, 0.05) is 23.8 Å². The first-order valence-corrected chi connectivity index (χ1v) is 12.7. The number of amides is 1. The number of nitrogens with zero attached hydrogens (tertiary/aromatic N) is 5. The predicted octanol–water partition coefficient (Wildman–Crippen LogP) is 4.20. The van der Waals surface area contributed by atoms with Crippen LogP contribution in [0.1, 0.15) is 32.5 Å². The largest absolute Gasteiger partial charge is 0.394 e. The van der Waals surface area contributed by atoms with Gasteiger partial charge in [-0.15, -0.1) is 11.3 Å². The second-order valence-electron chi connectivity index (χ2n) is 9.09. The average molecular weight is 541 g/mol. The Hall–Kier alpha value is -3.38. The number of hydrogen-bond acceptors (Lipinski definition) is 8. The van der Waals surface area contributed by atoms with Gasteiger partial charge in [-0.2, -0.15) is 5.10 Å². The van der Waals surface area contributed by atoms with Crippen molar-refractivity contribution in [3.05, 3.63) is 75.1 Å². The molecule has 0 radical (unpaired) electrons. The van der Waals surface area contributed by atoms with Crippen molar-refractivity contribution in [3.8, 4) is 10.6 Å². The Morgan fingerprint density at radius 1 is 1.30 bits per heavy atom. The van der Waals surface area contributed by atoms with Crippen LogP contribution in [0.4, 0.5) is 16.2 Å². The van der Waals surface area contributed by atoms with Gasteiger partial charge in [0.05, 0.1) is 53.1 Å². The fourth-order valence-electron chi connectivity index (χ4n) is 4.93. The van der Waals surface area contributed by atoms with Crippen molar-refractivity contribution in [1.82, 2.24) is 24.6 Å². The molecule has 2 aliphatic heterocycles. The first-order chi connectivity index (χ1) is 17.8. The monoisotopic (exact) mass is 540 g/mol. The number of ether oxygens (including phenoxy) is 1. The quantitative estimate of drug-likeness (QED) is 0.377. The molecule has 1 saturated heterocycles. The number of anilines is 2. The number of fused-ring (bicyclic) bond motifs is 2. The van der Waals surface area contributed by atoms with E-state index in [-0.39, 0.29) is 30.3 Å². The predicted molar refractivity (Wildman–Crippen MR) is 136 cm³/mol. The standard InChI is InChI=1S/C25H22ClFN6O3S/c1-13-8-16(30-24(29-13)31-18-6-7-28-32(18)2)21-20(27)19-22(37-21)25(11-36-12-25)33(23(19)35)17(10-34)14-4-3-5-15(26)9-14/h3-9,17,34H,10-12H2,1-2H3,(H,29,30,31). The molecule has 2 aliphatic rings. The van der Waals surface area contributed by atoms with Crippen molar-refractivity contribution in [1.29, 1.82) is 0 Å². The zero-order valence-electron chi connectivity index (χ0n) is 19.9. The fourth-order valence-corrected chi connectivity index (χ4v) is 6.41. The van der Waals surface area contributed by atoms with Gasteiger partial charge in [0.2, 0.25) is 5.95 Å². The number of aryl methyl sites for hydroxylation is 2. The summed E-state index contributed by atoms with van der Waals surface area (Å²) in [5, 5.41) is 18.0. The number of rotatable bonds is 6. The summed E-state index contributed by atoms with van der Waals surface area (Å²) >= 11 is 7.36. The van der Waals surface area contributed by atoms with E-state index in [1.54, 1.807) is 66.1 Å². The van der Waals surface area contributed by atoms with E-state index >= 15 is 4.39 Å². The van der Waals surface area contributed by atoms with Gasteiger partial charge >= 0.3 is 0 Å². The molecule has 9 nitrogen and oxygen atoms in total. The topological polar surface area (TPSA) is 105 Å². The van der Waals surface area contributed by atoms with Gasteiger partial charge in [0.1, 0.15) is 11.4 Å². The summed E-state index contributed by atoms with van der Waals surface area (Å²) in [5.41, 5.74) is 0.809. The van der Waals surface area contributed by atoms with Crippen LogP contribution in [0, 0.1) is 12.7 Å². The SMILES string of the molecule is Cc1cc(-c2sc3c(c2F)C(=O)N(C(CO)c2cccc(Cl)c2)C32COC2)nc(Nc2ccnn2C)n1. The summed E-state index contributed by atoms with van der Waals surface area (Å²) in [6.45, 7) is 1.87. The van der Waals surface area contributed by atoms with Gasteiger partial charge in [-0.3, -0.25) is 9.48 Å². The average Bonchev–Trinajstić information content (AvgIpc) is 3.47. The van der Waals surface area contributed by atoms with Crippen LogP contribution in [0.15, 0.2) is 42.6 Å². The summed E-state index contributed by atoms with van der Waals surface area (Å²) in [6, 6.07) is 9.74. The second kappa shape index (κ2) is 8.88. The molecule has 190 valence electrons. The van der Waals surface area contributed by atoms with Gasteiger partial charge < -0.3 is 20.1 Å². The molecule has 1 atom stereocenters. The summed E-state index contributed by atoms with van der Waals surface area (Å²) in [6.07, 6.45) is 1.64. The lowest BCUT2D eigenvalue weighted by Crippen LogP contribution is -2.58. The lowest BCUT2D eigenvalue weighted by molar-refractivity contribution is -0.139. The Morgan fingerprint density at radius 2 is 2.11 bits per heavy atom. The van der Waals surface area contributed by atoms with Crippen molar-refractivity contribution >= 4 is 40.6 Å². The number of benzene rings is 1. The number of carbonyl (C=O) groups excluding carboxylic acids is 1. The smallest absolute Gasteiger partial charge is 0.259 e. The molecule has 1 amide bonds. The Kier molecular flexibility index (Phi) is 5.75. The number of nitrogens with one attached hydrogen (secondary N) is 1. The Labute approximate surface area is 220 Å². The molecule has 5 heterocycles. The van der Waals surface area contributed by atoms with E-state index in [9.17, 15) is 9.90 Å². The number of aliphatic hydroxyl groups is 1. The second-order valence-corrected chi connectivity index (χ2v) is 10.5. The van der Waals surface area contributed by atoms with Gasteiger partial charge in [-0.25, -0.2) is 14.4 Å². The summed E-state index contributed by atoms with van der Waals surface area (Å²) < 4.78 is 23.2. The molecule has 0 aliphatic carbocycles. The van der Waals surface area contributed by atoms with Crippen molar-refractivity contribution in [2.75, 3.05) is 25.1 Å². The minimum Gasteiger partial charge on any atom is -0.394 e. The highest BCUT2D eigenvalue weighted by Crippen LogP contribution is 2.54. The van der Waals surface area contributed by atoms with E-state index in [4.69, 9.17) is 16.3 Å². The zero-order valence-corrected chi connectivity index (χ0v) is 21.5. The van der Waals surface area contributed by atoms with Crippen LogP contribution >= 0.6 is 22.9 Å². The molecule has 0 saturated carbocycles. The summed E-state index contributed by atoms with van der Waals surface area (Å²) in [7, 11) is 1.78. The molecule has 1 spiro atoms. The third-order valence-corrected chi connectivity index (χ3v) is 8.33. The molecule has 2 N–H and O–H groups in total. The normalized spacial score (nSPS) is 16.7. The van der Waals surface area contributed by atoms with Crippen LogP contribution in [0.3, 0.4) is 0 Å². The zero-order chi connectivity index (χ0) is 25.9. The van der Waals surface area contributed by atoms with Crippen LogP contribution in [0.2, 0.25) is 5.02 Å². The lowest BCUT2D eigenvalue weighted by atomic mass is 9.92. The number of hydrogen-bond donors (Lipinski definition) is 2. The molecule has 1 aromatic carbocycles. The third kappa shape index (κ3) is 3.72. The van der Waals surface area contributed by atoms with Crippen LogP contribution in [0.5, 0.6) is 0 Å². The van der Waals surface area contributed by atoms with Crippen LogP contribution in [-0.2, 0) is 17.3 Å². The van der Waals surface area contributed by atoms with Crippen molar-refractivity contribution in [2.24, 2.45) is 7.05 Å². The first kappa shape index (κ1) is 24.0. The highest BCUT2D eigenvalue weighted by atomic mass is 35.5. The van der Waals surface area contributed by atoms with E-state index in [1.807, 2.05) is 0 Å².